The number of esters is 1. The molecule has 0 radical (unpaired) electrons. The molecule has 1 amide bonds. The quantitative estimate of drug-likeness (QED) is 0.133. The number of amides is 1. The molecule has 222 valence electrons. The maximum absolute atomic E-state index is 13.2. The number of hydrogen-bond acceptors (Lipinski definition) is 7. The van der Waals surface area contributed by atoms with Crippen LogP contribution in [0.1, 0.15) is 22.3 Å². The second kappa shape index (κ2) is 12.3. The highest BCUT2D eigenvalue weighted by atomic mass is 35.5. The average Bonchev–Trinajstić information content (AvgIpc) is 3.31. The summed E-state index contributed by atoms with van der Waals surface area (Å²) in [5.74, 6) is -7.73. The number of fused-ring (bicyclic) bond motifs is 1. The first-order valence-corrected chi connectivity index (χ1v) is 12.6. The largest absolute Gasteiger partial charge is 0.457 e. The third-order valence-corrected chi connectivity index (χ3v) is 6.44. The van der Waals surface area contributed by atoms with Gasteiger partial charge in [0.25, 0.3) is 5.91 Å². The van der Waals surface area contributed by atoms with Crippen LogP contribution < -0.4 is 5.32 Å². The van der Waals surface area contributed by atoms with Gasteiger partial charge in [-0.3, -0.25) is 4.79 Å². The standard InChI is InChI=1S/C27H22ClF5N4O5/c28-19-3-1-2-17(11-19)16-6-4-15(5-7-16)10-20(13-23(38)25(40)42-14-26(29,30)27(31,32)33)34-24(39)18-8-9-21-22(12-18)37(41)36-35-21/h1-9,11-12,20,23,38,41H,10,13-14H2,(H,34,39)/t20-,23-/m1/s1. The van der Waals surface area contributed by atoms with Crippen molar-refractivity contribution in [3.63, 3.8) is 0 Å². The van der Waals surface area contributed by atoms with Crippen molar-refractivity contribution in [2.75, 3.05) is 6.61 Å². The molecular formula is C27H22ClF5N4O5. The number of carbonyl (C=O) groups excluding carboxylic acids is 2. The second-order valence-corrected chi connectivity index (χ2v) is 9.76. The smallest absolute Gasteiger partial charge is 0.456 e. The topological polar surface area (TPSA) is 127 Å². The van der Waals surface area contributed by atoms with Crippen LogP contribution in [-0.2, 0) is 16.0 Å². The molecule has 42 heavy (non-hydrogen) atoms. The van der Waals surface area contributed by atoms with Gasteiger partial charge in [-0.2, -0.15) is 22.0 Å². The highest BCUT2D eigenvalue weighted by Crippen LogP contribution is 2.35. The SMILES string of the molecule is O=C(N[C@H](Cc1ccc(-c2cccc(Cl)c2)cc1)C[C@@H](O)C(=O)OCC(F)(F)C(F)(F)F)c1ccc2nnn(O)c2c1. The minimum atomic E-state index is -5.95. The van der Waals surface area contributed by atoms with Gasteiger partial charge < -0.3 is 20.4 Å². The first kappa shape index (κ1) is 30.7. The zero-order chi connectivity index (χ0) is 30.7. The number of aliphatic hydroxyl groups is 1. The van der Waals surface area contributed by atoms with Crippen molar-refractivity contribution in [2.45, 2.75) is 37.1 Å². The lowest BCUT2D eigenvalue weighted by molar-refractivity contribution is -0.294. The molecule has 3 N–H and O–H groups in total. The monoisotopic (exact) mass is 612 g/mol. The zero-order valence-corrected chi connectivity index (χ0v) is 22.1. The number of alkyl halides is 5. The lowest BCUT2D eigenvalue weighted by atomic mass is 9.97. The molecule has 3 aromatic carbocycles. The molecule has 0 spiro atoms. The zero-order valence-electron chi connectivity index (χ0n) is 21.4. The number of nitrogens with zero attached hydrogens (tertiary/aromatic N) is 3. The van der Waals surface area contributed by atoms with Crippen molar-refractivity contribution in [3.8, 4) is 11.1 Å². The van der Waals surface area contributed by atoms with Gasteiger partial charge in [-0.15, -0.1) is 5.10 Å². The van der Waals surface area contributed by atoms with Crippen molar-refractivity contribution in [3.05, 3.63) is 82.9 Å². The van der Waals surface area contributed by atoms with Gasteiger partial charge in [0.15, 0.2) is 12.7 Å². The van der Waals surface area contributed by atoms with E-state index in [0.717, 1.165) is 11.1 Å². The fourth-order valence-corrected chi connectivity index (χ4v) is 4.19. The lowest BCUT2D eigenvalue weighted by Crippen LogP contribution is -2.44. The Bertz CT molecular complexity index is 1580. The molecule has 15 heteroatoms. The van der Waals surface area contributed by atoms with Gasteiger partial charge in [-0.25, -0.2) is 4.79 Å². The van der Waals surface area contributed by atoms with Crippen LogP contribution in [0.3, 0.4) is 0 Å². The second-order valence-electron chi connectivity index (χ2n) is 9.33. The van der Waals surface area contributed by atoms with E-state index in [0.29, 0.717) is 20.9 Å². The van der Waals surface area contributed by atoms with Crippen LogP contribution in [0.5, 0.6) is 0 Å². The van der Waals surface area contributed by atoms with Crippen LogP contribution >= 0.6 is 11.6 Å². The van der Waals surface area contributed by atoms with Crippen molar-refractivity contribution in [1.29, 1.82) is 0 Å². The van der Waals surface area contributed by atoms with E-state index in [1.807, 2.05) is 6.07 Å². The molecule has 0 aliphatic heterocycles. The van der Waals surface area contributed by atoms with E-state index in [4.69, 9.17) is 11.6 Å². The highest BCUT2D eigenvalue weighted by molar-refractivity contribution is 6.30. The minimum absolute atomic E-state index is 0.0202. The van der Waals surface area contributed by atoms with Gasteiger partial charge in [-0.05, 0) is 58.7 Å². The minimum Gasteiger partial charge on any atom is -0.457 e. The molecule has 0 saturated heterocycles. The summed E-state index contributed by atoms with van der Waals surface area (Å²) in [5.41, 5.74) is 2.73. The molecule has 4 aromatic rings. The normalized spacial score (nSPS) is 13.5. The van der Waals surface area contributed by atoms with Crippen LogP contribution in [0, 0.1) is 0 Å². The van der Waals surface area contributed by atoms with Crippen molar-refractivity contribution >= 4 is 34.5 Å². The molecular weight excluding hydrogens is 591 g/mol. The van der Waals surface area contributed by atoms with Crippen LogP contribution in [0.15, 0.2) is 66.7 Å². The van der Waals surface area contributed by atoms with Crippen molar-refractivity contribution < 1.29 is 46.6 Å². The number of carbonyl (C=O) groups is 2. The summed E-state index contributed by atoms with van der Waals surface area (Å²) in [7, 11) is 0. The van der Waals surface area contributed by atoms with Crippen molar-refractivity contribution in [2.24, 2.45) is 0 Å². The molecule has 0 aliphatic carbocycles. The Balaban J connectivity index is 1.51. The number of nitrogens with one attached hydrogen (secondary N) is 1. The number of benzene rings is 3. The summed E-state index contributed by atoms with van der Waals surface area (Å²) in [6.07, 6.45) is -8.66. The molecule has 2 atom stereocenters. The summed E-state index contributed by atoms with van der Waals surface area (Å²) in [6, 6.07) is 17.1. The molecule has 9 nitrogen and oxygen atoms in total. The third kappa shape index (κ3) is 7.31. The summed E-state index contributed by atoms with van der Waals surface area (Å²) in [6.45, 7) is -2.31. The molecule has 0 unspecified atom stereocenters. The Morgan fingerprint density at radius 1 is 1.00 bits per heavy atom. The summed E-state index contributed by atoms with van der Waals surface area (Å²) < 4.78 is 67.6. The van der Waals surface area contributed by atoms with Gasteiger partial charge in [-0.1, -0.05) is 52.8 Å². The first-order chi connectivity index (χ1) is 19.7. The maximum atomic E-state index is 13.2. The molecule has 4 rings (SSSR count). The van der Waals surface area contributed by atoms with E-state index in [1.165, 1.54) is 18.2 Å². The van der Waals surface area contributed by atoms with Crippen LogP contribution in [-0.4, -0.2) is 68.2 Å². The van der Waals surface area contributed by atoms with E-state index in [1.54, 1.807) is 42.5 Å². The van der Waals surface area contributed by atoms with E-state index >= 15 is 0 Å². The Kier molecular flexibility index (Phi) is 8.97. The number of aliphatic hydroxyl groups excluding tert-OH is 1. The maximum Gasteiger partial charge on any atom is 0.456 e. The number of ether oxygens (including phenoxy) is 1. The fourth-order valence-electron chi connectivity index (χ4n) is 4.00. The Morgan fingerprint density at radius 2 is 1.71 bits per heavy atom. The lowest BCUT2D eigenvalue weighted by Gasteiger charge is -2.23. The summed E-state index contributed by atoms with van der Waals surface area (Å²) in [5, 5.41) is 30.3. The summed E-state index contributed by atoms with van der Waals surface area (Å²) in [4.78, 5) is 25.6. The summed E-state index contributed by atoms with van der Waals surface area (Å²) >= 11 is 6.05. The van der Waals surface area contributed by atoms with Gasteiger partial charge in [0.1, 0.15) is 11.0 Å². The van der Waals surface area contributed by atoms with Gasteiger partial charge in [0, 0.05) is 23.0 Å². The van der Waals surface area contributed by atoms with Crippen LogP contribution in [0.2, 0.25) is 5.02 Å². The molecule has 1 aromatic heterocycles. The number of aromatic nitrogens is 3. The van der Waals surface area contributed by atoms with Crippen LogP contribution in [0.4, 0.5) is 22.0 Å². The average molecular weight is 613 g/mol. The molecule has 0 saturated carbocycles. The number of halogens is 6. The molecule has 0 aliphatic rings. The fraction of sp³-hybridized carbons (Fsp3) is 0.259. The molecule has 0 bridgehead atoms. The van der Waals surface area contributed by atoms with Gasteiger partial charge in [0.2, 0.25) is 0 Å². The van der Waals surface area contributed by atoms with Gasteiger partial charge in [0.05, 0.1) is 0 Å². The molecule has 0 fully saturated rings. The van der Waals surface area contributed by atoms with E-state index in [2.05, 4.69) is 20.4 Å². The van der Waals surface area contributed by atoms with Crippen LogP contribution in [0.25, 0.3) is 22.2 Å². The third-order valence-electron chi connectivity index (χ3n) is 6.21. The Hall–Kier alpha value is -4.30. The highest BCUT2D eigenvalue weighted by Gasteiger charge is 2.58. The van der Waals surface area contributed by atoms with E-state index in [9.17, 15) is 41.9 Å². The predicted molar refractivity (Wildman–Crippen MR) is 139 cm³/mol. The number of rotatable bonds is 10. The number of hydrogen-bond donors (Lipinski definition) is 3. The Labute approximate surface area is 239 Å². The van der Waals surface area contributed by atoms with E-state index in [-0.39, 0.29) is 17.5 Å². The Morgan fingerprint density at radius 3 is 2.38 bits per heavy atom. The predicted octanol–water partition coefficient (Wildman–Crippen LogP) is 4.82. The van der Waals surface area contributed by atoms with E-state index < -0.39 is 49.1 Å². The van der Waals surface area contributed by atoms with Gasteiger partial charge >= 0.3 is 18.1 Å². The first-order valence-electron chi connectivity index (χ1n) is 12.2. The molecule has 1 heterocycles. The van der Waals surface area contributed by atoms with Crippen molar-refractivity contribution in [1.82, 2.24) is 20.5 Å².